The maximum absolute atomic E-state index is 13.1. The smallest absolute Gasteiger partial charge is 0.243 e. The lowest BCUT2D eigenvalue weighted by Gasteiger charge is -2.33. The summed E-state index contributed by atoms with van der Waals surface area (Å²) in [5.41, 5.74) is 5.61. The summed E-state index contributed by atoms with van der Waals surface area (Å²) in [6.07, 6.45) is 8.91. The number of likely N-dealkylation sites (N-methyl/N-ethyl adjacent to an activating group) is 1. The molecule has 174 valence electrons. The van der Waals surface area contributed by atoms with Gasteiger partial charge in [0.05, 0.1) is 18.2 Å². The van der Waals surface area contributed by atoms with Crippen LogP contribution in [0.5, 0.6) is 0 Å². The minimum atomic E-state index is -0.317. The van der Waals surface area contributed by atoms with Gasteiger partial charge in [0.25, 0.3) is 0 Å². The number of hydrogen-bond donors (Lipinski definition) is 3. The van der Waals surface area contributed by atoms with Crippen molar-refractivity contribution in [3.63, 3.8) is 0 Å². The zero-order chi connectivity index (χ0) is 23.6. The number of nitrogens with one attached hydrogen (secondary N) is 2. The van der Waals surface area contributed by atoms with Gasteiger partial charge in [0.1, 0.15) is 6.04 Å². The van der Waals surface area contributed by atoms with Gasteiger partial charge in [0.2, 0.25) is 5.91 Å². The third-order valence-corrected chi connectivity index (χ3v) is 6.91. The summed E-state index contributed by atoms with van der Waals surface area (Å²) in [7, 11) is 2.00. The lowest BCUT2D eigenvalue weighted by Crippen LogP contribution is -2.52. The van der Waals surface area contributed by atoms with Gasteiger partial charge in [-0.25, -0.2) is 0 Å². The Hall–Kier alpha value is -2.53. The van der Waals surface area contributed by atoms with Gasteiger partial charge in [-0.3, -0.25) is 4.79 Å². The van der Waals surface area contributed by atoms with Crippen LogP contribution in [0, 0.1) is 5.92 Å². The Kier molecular flexibility index (Phi) is 7.19. The highest BCUT2D eigenvalue weighted by molar-refractivity contribution is 6.00. The van der Waals surface area contributed by atoms with E-state index >= 15 is 0 Å². The van der Waals surface area contributed by atoms with Crippen LogP contribution >= 0.6 is 0 Å². The third kappa shape index (κ3) is 4.49. The zero-order valence-corrected chi connectivity index (χ0v) is 20.5. The van der Waals surface area contributed by atoms with Gasteiger partial charge in [0.15, 0.2) is 0 Å². The Labute approximate surface area is 192 Å². The summed E-state index contributed by atoms with van der Waals surface area (Å²) in [4.78, 5) is 18.7. The van der Waals surface area contributed by atoms with Crippen LogP contribution in [0.3, 0.4) is 0 Å². The van der Waals surface area contributed by atoms with Crippen molar-refractivity contribution in [3.05, 3.63) is 53.8 Å². The Bertz CT molecular complexity index is 1020. The molecule has 0 saturated carbocycles. The van der Waals surface area contributed by atoms with Crippen molar-refractivity contribution in [2.24, 2.45) is 5.92 Å². The average molecular weight is 438 g/mol. The number of amides is 1. The quantitative estimate of drug-likeness (QED) is 0.542. The molecule has 5 heteroatoms. The van der Waals surface area contributed by atoms with Gasteiger partial charge in [-0.05, 0) is 56.2 Å². The van der Waals surface area contributed by atoms with Crippen LogP contribution < -0.4 is 10.2 Å². The first-order valence-corrected chi connectivity index (χ1v) is 11.7. The minimum Gasteiger partial charge on any atom is -0.394 e. The highest BCUT2D eigenvalue weighted by Gasteiger charge is 2.34. The number of aliphatic hydroxyl groups is 1. The van der Waals surface area contributed by atoms with Crippen molar-refractivity contribution in [1.82, 2.24) is 10.3 Å². The number of benzene rings is 1. The average Bonchev–Trinajstić information content (AvgIpc) is 3.16. The molecule has 0 spiro atoms. The molecule has 0 saturated heterocycles. The molecule has 2 heterocycles. The Morgan fingerprint density at radius 3 is 2.69 bits per heavy atom. The second-order valence-electron chi connectivity index (χ2n) is 10.0. The molecule has 1 aromatic carbocycles. The maximum atomic E-state index is 13.1. The van der Waals surface area contributed by atoms with Crippen LogP contribution in [0.25, 0.3) is 10.9 Å². The van der Waals surface area contributed by atoms with E-state index in [9.17, 15) is 9.90 Å². The number of carbonyl (C=O) groups excluding carboxylic acids is 1. The predicted octanol–water partition coefficient (Wildman–Crippen LogP) is 4.85. The fraction of sp³-hybridized carbons (Fsp3) is 0.519. The molecule has 0 radical (unpaired) electrons. The first kappa shape index (κ1) is 24.1. The largest absolute Gasteiger partial charge is 0.394 e. The van der Waals surface area contributed by atoms with E-state index in [0.29, 0.717) is 6.42 Å². The molecule has 3 rings (SSSR count). The van der Waals surface area contributed by atoms with Crippen molar-refractivity contribution in [2.45, 2.75) is 71.4 Å². The first-order chi connectivity index (χ1) is 15.1. The Balaban J connectivity index is 2.20. The van der Waals surface area contributed by atoms with E-state index in [1.807, 2.05) is 13.2 Å². The summed E-state index contributed by atoms with van der Waals surface area (Å²) in [6.45, 7) is 14.7. The Morgan fingerprint density at radius 2 is 2.09 bits per heavy atom. The molecule has 1 aliphatic heterocycles. The molecule has 0 unspecified atom stereocenters. The molecule has 0 bridgehead atoms. The van der Waals surface area contributed by atoms with E-state index in [-0.39, 0.29) is 35.9 Å². The van der Waals surface area contributed by atoms with Crippen molar-refractivity contribution < 1.29 is 9.90 Å². The van der Waals surface area contributed by atoms with E-state index in [1.165, 1.54) is 11.1 Å². The molecule has 3 N–H and O–H groups in total. The number of aromatic amines is 1. The number of hydrogen-bond acceptors (Lipinski definition) is 3. The molecular weight excluding hydrogens is 398 g/mol. The second kappa shape index (κ2) is 9.53. The molecule has 1 amide bonds. The fourth-order valence-electron chi connectivity index (χ4n) is 5.03. The number of allylic oxidation sites excluding steroid dienone is 3. The molecule has 1 aromatic heterocycles. The number of carbonyl (C=O) groups is 1. The second-order valence-corrected chi connectivity index (χ2v) is 10.0. The van der Waals surface area contributed by atoms with E-state index in [2.05, 4.69) is 80.7 Å². The van der Waals surface area contributed by atoms with Crippen LogP contribution in [0.4, 0.5) is 5.69 Å². The predicted molar refractivity (Wildman–Crippen MR) is 134 cm³/mol. The monoisotopic (exact) mass is 437 g/mol. The lowest BCUT2D eigenvalue weighted by atomic mass is 9.77. The third-order valence-electron chi connectivity index (χ3n) is 6.91. The lowest BCUT2D eigenvalue weighted by molar-refractivity contribution is -0.124. The highest BCUT2D eigenvalue weighted by atomic mass is 16.3. The van der Waals surface area contributed by atoms with E-state index in [0.717, 1.165) is 35.0 Å². The van der Waals surface area contributed by atoms with Crippen LogP contribution in [0.2, 0.25) is 0 Å². The van der Waals surface area contributed by atoms with Crippen LogP contribution in [0.1, 0.15) is 58.6 Å². The molecule has 5 nitrogen and oxygen atoms in total. The number of anilines is 1. The molecule has 3 atom stereocenters. The summed E-state index contributed by atoms with van der Waals surface area (Å²) in [5.74, 6) is 0.0858. The van der Waals surface area contributed by atoms with E-state index in [1.54, 1.807) is 0 Å². The zero-order valence-electron chi connectivity index (χ0n) is 20.5. The van der Waals surface area contributed by atoms with Crippen molar-refractivity contribution in [1.29, 1.82) is 0 Å². The van der Waals surface area contributed by atoms with E-state index in [4.69, 9.17) is 0 Å². The van der Waals surface area contributed by atoms with Crippen LogP contribution in [-0.2, 0) is 16.6 Å². The number of rotatable bonds is 7. The normalized spacial score (nSPS) is 20.9. The topological polar surface area (TPSA) is 68.4 Å². The van der Waals surface area contributed by atoms with Crippen molar-refractivity contribution >= 4 is 22.5 Å². The van der Waals surface area contributed by atoms with Gasteiger partial charge in [-0.1, -0.05) is 44.6 Å². The summed E-state index contributed by atoms with van der Waals surface area (Å²) in [6, 6.07) is 3.71. The molecule has 2 aromatic rings. The summed E-state index contributed by atoms with van der Waals surface area (Å²) < 4.78 is 0. The molecule has 1 aliphatic rings. The SMILES string of the molecule is C=C[C@@](C)(CCC=C(C)C)c1ccc2c3c(c[nH]c13)C[C@@H](CO)NC(=O)[C@@H](C(C)C)N2C. The molecule has 32 heavy (non-hydrogen) atoms. The van der Waals surface area contributed by atoms with E-state index < -0.39 is 0 Å². The summed E-state index contributed by atoms with van der Waals surface area (Å²) in [5, 5.41) is 14.2. The number of H-pyrrole nitrogens is 1. The minimum absolute atomic E-state index is 0.0365. The van der Waals surface area contributed by atoms with Crippen LogP contribution in [0.15, 0.2) is 42.6 Å². The standard InChI is InChI=1S/C27H39N3O2/c1-8-27(6,13-9-10-17(2)3)21-11-12-22-23-19(15-28-24(21)23)14-20(16-31)29-26(32)25(18(4)5)30(22)7/h8,10-12,15,18,20,25,28,31H,1,9,13-14,16H2,2-7H3,(H,29,32)/t20-,25+,27-/m0/s1. The van der Waals surface area contributed by atoms with Gasteiger partial charge in [-0.15, -0.1) is 6.58 Å². The van der Waals surface area contributed by atoms with Crippen molar-refractivity contribution in [2.75, 3.05) is 18.6 Å². The fourth-order valence-corrected chi connectivity index (χ4v) is 5.03. The molecule has 0 aliphatic carbocycles. The first-order valence-electron chi connectivity index (χ1n) is 11.7. The van der Waals surface area contributed by atoms with Crippen LogP contribution in [-0.4, -0.2) is 41.7 Å². The molecular formula is C27H39N3O2. The summed E-state index contributed by atoms with van der Waals surface area (Å²) >= 11 is 0. The number of aromatic nitrogens is 1. The van der Waals surface area contributed by atoms with Gasteiger partial charge in [-0.2, -0.15) is 0 Å². The number of nitrogens with zero attached hydrogens (tertiary/aromatic N) is 1. The Morgan fingerprint density at radius 1 is 1.38 bits per heavy atom. The van der Waals surface area contributed by atoms with Gasteiger partial charge >= 0.3 is 0 Å². The highest BCUT2D eigenvalue weighted by Crippen LogP contribution is 2.41. The maximum Gasteiger partial charge on any atom is 0.243 e. The van der Waals surface area contributed by atoms with Crippen molar-refractivity contribution in [3.8, 4) is 0 Å². The number of aliphatic hydroxyl groups excluding tert-OH is 1. The van der Waals surface area contributed by atoms with Gasteiger partial charge < -0.3 is 20.3 Å². The molecule has 0 fully saturated rings. The van der Waals surface area contributed by atoms with Gasteiger partial charge in [0, 0.05) is 29.7 Å².